The summed E-state index contributed by atoms with van der Waals surface area (Å²) in [4.78, 5) is 12.2. The zero-order valence-corrected chi connectivity index (χ0v) is 13.5. The van der Waals surface area contributed by atoms with Crippen LogP contribution in [0.25, 0.3) is 5.52 Å². The number of anilines is 1. The Hall–Kier alpha value is -2.61. The molecule has 8 heteroatoms. The number of para-hydroxylation sites is 1. The average Bonchev–Trinajstić information content (AvgIpc) is 2.96. The van der Waals surface area contributed by atoms with Gasteiger partial charge in [0.1, 0.15) is 16.7 Å². The molecule has 0 fully saturated rings. The second-order valence-electron chi connectivity index (χ2n) is 5.14. The largest absolute Gasteiger partial charge is 0.300 e. The highest BCUT2D eigenvalue weighted by molar-refractivity contribution is 7.92. The van der Waals surface area contributed by atoms with Crippen molar-refractivity contribution >= 4 is 21.2 Å². The topological polar surface area (TPSA) is 85.5 Å². The Labute approximate surface area is 133 Å². The second kappa shape index (κ2) is 5.54. The van der Waals surface area contributed by atoms with Gasteiger partial charge in [-0.1, -0.05) is 18.2 Å². The van der Waals surface area contributed by atoms with Gasteiger partial charge in [-0.3, -0.25) is 13.9 Å². The maximum Gasteiger partial charge on any atom is 0.291 e. The van der Waals surface area contributed by atoms with Gasteiger partial charge in [0, 0.05) is 12.7 Å². The first kappa shape index (κ1) is 15.3. The lowest BCUT2D eigenvalue weighted by Crippen LogP contribution is -2.23. The number of nitrogens with one attached hydrogen (secondary N) is 1. The van der Waals surface area contributed by atoms with Crippen LogP contribution in [-0.4, -0.2) is 22.6 Å². The van der Waals surface area contributed by atoms with E-state index in [-0.39, 0.29) is 16.0 Å². The normalized spacial score (nSPS) is 11.7. The Morgan fingerprint density at radius 2 is 2.00 bits per heavy atom. The molecule has 0 amide bonds. The Kier molecular flexibility index (Phi) is 3.69. The highest BCUT2D eigenvalue weighted by atomic mass is 32.2. The van der Waals surface area contributed by atoms with Crippen LogP contribution in [-0.2, 0) is 16.6 Å². The van der Waals surface area contributed by atoms with Crippen LogP contribution >= 0.6 is 0 Å². The van der Waals surface area contributed by atoms with Crippen molar-refractivity contribution in [2.75, 3.05) is 4.72 Å². The van der Waals surface area contributed by atoms with Crippen LogP contribution in [0.2, 0.25) is 0 Å². The van der Waals surface area contributed by atoms with Crippen molar-refractivity contribution in [3.8, 4) is 0 Å². The molecule has 2 heterocycles. The number of rotatable bonds is 4. The second-order valence-corrected chi connectivity index (χ2v) is 6.82. The summed E-state index contributed by atoms with van der Waals surface area (Å²) in [7, 11) is -3.78. The highest BCUT2D eigenvalue weighted by Gasteiger charge is 2.19. The maximum absolute atomic E-state index is 12.5. The summed E-state index contributed by atoms with van der Waals surface area (Å²) in [5, 5.41) is 3.97. The number of benzene rings is 1. The minimum Gasteiger partial charge on any atom is -0.300 e. The third-order valence-electron chi connectivity index (χ3n) is 3.59. The summed E-state index contributed by atoms with van der Waals surface area (Å²) in [6.45, 7) is 4.03. The first-order valence-electron chi connectivity index (χ1n) is 7.08. The summed E-state index contributed by atoms with van der Waals surface area (Å²) >= 11 is 0. The van der Waals surface area contributed by atoms with Gasteiger partial charge < -0.3 is 0 Å². The molecule has 0 aliphatic rings. The van der Waals surface area contributed by atoms with Gasteiger partial charge >= 0.3 is 0 Å². The average molecular weight is 332 g/mol. The highest BCUT2D eigenvalue weighted by Crippen LogP contribution is 2.20. The molecule has 0 saturated carbocycles. The van der Waals surface area contributed by atoms with Crippen molar-refractivity contribution in [1.29, 1.82) is 0 Å². The minimum absolute atomic E-state index is 0.0218. The molecule has 0 unspecified atom stereocenters. The molecule has 23 heavy (non-hydrogen) atoms. The summed E-state index contributed by atoms with van der Waals surface area (Å²) in [5.41, 5.74) is 1.26. The van der Waals surface area contributed by atoms with Crippen LogP contribution in [0.1, 0.15) is 12.5 Å². The van der Waals surface area contributed by atoms with Crippen LogP contribution < -0.4 is 10.3 Å². The fraction of sp³-hybridized carbons (Fsp3) is 0.200. The van der Waals surface area contributed by atoms with Crippen LogP contribution in [0, 0.1) is 6.92 Å². The number of aromatic nitrogens is 3. The van der Waals surface area contributed by atoms with E-state index in [0.29, 0.717) is 12.2 Å². The van der Waals surface area contributed by atoms with Crippen LogP contribution in [0.3, 0.4) is 0 Å². The van der Waals surface area contributed by atoms with Crippen LogP contribution in [0.15, 0.2) is 52.5 Å². The van der Waals surface area contributed by atoms with Gasteiger partial charge in [-0.25, -0.2) is 13.1 Å². The SMILES string of the molecule is CCn1ncn2cc(S(=O)(=O)Nc3ccccc3C)cc2c1=O. The van der Waals surface area contributed by atoms with Crippen molar-refractivity contribution in [2.24, 2.45) is 0 Å². The molecule has 0 radical (unpaired) electrons. The van der Waals surface area contributed by atoms with Crippen LogP contribution in [0.5, 0.6) is 0 Å². The molecule has 1 N–H and O–H groups in total. The summed E-state index contributed by atoms with van der Waals surface area (Å²) in [6, 6.07) is 8.45. The maximum atomic E-state index is 12.5. The lowest BCUT2D eigenvalue weighted by molar-refractivity contribution is 0.600. The van der Waals surface area contributed by atoms with E-state index in [9.17, 15) is 13.2 Å². The molecule has 7 nitrogen and oxygen atoms in total. The molecule has 0 spiro atoms. The summed E-state index contributed by atoms with van der Waals surface area (Å²) in [6.07, 6.45) is 2.80. The fourth-order valence-corrected chi connectivity index (χ4v) is 3.44. The molecule has 3 aromatic rings. The Morgan fingerprint density at radius 3 is 2.70 bits per heavy atom. The zero-order valence-electron chi connectivity index (χ0n) is 12.7. The number of aryl methyl sites for hydroxylation is 2. The molecule has 0 aliphatic carbocycles. The Bertz CT molecular complexity index is 1030. The van der Waals surface area contributed by atoms with E-state index in [0.717, 1.165) is 5.56 Å². The van der Waals surface area contributed by atoms with E-state index < -0.39 is 10.0 Å². The van der Waals surface area contributed by atoms with Gasteiger partial charge in [0.25, 0.3) is 15.6 Å². The molecule has 3 rings (SSSR count). The van der Waals surface area contributed by atoms with Gasteiger partial charge in [0.2, 0.25) is 0 Å². The molecular weight excluding hydrogens is 316 g/mol. The predicted octanol–water partition coefficient (Wildman–Crippen LogP) is 1.63. The van der Waals surface area contributed by atoms with E-state index in [2.05, 4.69) is 9.82 Å². The van der Waals surface area contributed by atoms with Crippen LogP contribution in [0.4, 0.5) is 5.69 Å². The number of hydrogen-bond acceptors (Lipinski definition) is 4. The van der Waals surface area contributed by atoms with Gasteiger partial charge in [0.15, 0.2) is 0 Å². The molecule has 2 aromatic heterocycles. The third kappa shape index (κ3) is 2.72. The van der Waals surface area contributed by atoms with E-state index in [1.807, 2.05) is 19.1 Å². The first-order chi connectivity index (χ1) is 10.9. The smallest absolute Gasteiger partial charge is 0.291 e. The van der Waals surface area contributed by atoms with Gasteiger partial charge in [-0.05, 0) is 31.5 Å². The van der Waals surface area contributed by atoms with Gasteiger partial charge in [-0.2, -0.15) is 5.10 Å². The molecule has 0 bridgehead atoms. The molecule has 0 atom stereocenters. The molecule has 0 saturated heterocycles. The van der Waals surface area contributed by atoms with Crippen molar-refractivity contribution in [3.63, 3.8) is 0 Å². The quantitative estimate of drug-likeness (QED) is 0.787. The lowest BCUT2D eigenvalue weighted by Gasteiger charge is -2.08. The van der Waals surface area contributed by atoms with E-state index in [1.54, 1.807) is 19.1 Å². The lowest BCUT2D eigenvalue weighted by atomic mass is 10.2. The van der Waals surface area contributed by atoms with Gasteiger partial charge in [0.05, 0.1) is 5.69 Å². The molecule has 0 aliphatic heterocycles. The number of hydrogen-bond donors (Lipinski definition) is 1. The summed E-state index contributed by atoms with van der Waals surface area (Å²) in [5.74, 6) is 0. The van der Waals surface area contributed by atoms with Crippen molar-refractivity contribution in [2.45, 2.75) is 25.3 Å². The third-order valence-corrected chi connectivity index (χ3v) is 4.92. The molecule has 1 aromatic carbocycles. The first-order valence-corrected chi connectivity index (χ1v) is 8.57. The van der Waals surface area contributed by atoms with E-state index in [1.165, 1.54) is 27.7 Å². The molecule has 120 valence electrons. The van der Waals surface area contributed by atoms with Gasteiger partial charge in [-0.15, -0.1) is 0 Å². The minimum atomic E-state index is -3.78. The Balaban J connectivity index is 2.07. The monoisotopic (exact) mass is 332 g/mol. The van der Waals surface area contributed by atoms with Crippen molar-refractivity contribution in [3.05, 3.63) is 58.8 Å². The van der Waals surface area contributed by atoms with E-state index in [4.69, 9.17) is 0 Å². The van der Waals surface area contributed by atoms with Crippen molar-refractivity contribution < 1.29 is 8.42 Å². The summed E-state index contributed by atoms with van der Waals surface area (Å²) < 4.78 is 30.3. The van der Waals surface area contributed by atoms with E-state index >= 15 is 0 Å². The van der Waals surface area contributed by atoms with Crippen molar-refractivity contribution in [1.82, 2.24) is 14.2 Å². The standard InChI is InChI=1S/C15H16N4O3S/c1-3-19-15(20)14-8-12(9-18(14)10-16-19)23(21,22)17-13-7-5-4-6-11(13)2/h4-10,17H,3H2,1-2H3. The predicted molar refractivity (Wildman–Crippen MR) is 87.1 cm³/mol. The molecular formula is C15H16N4O3S. The number of sulfonamides is 1. The number of fused-ring (bicyclic) bond motifs is 1. The Morgan fingerprint density at radius 1 is 1.26 bits per heavy atom. The number of nitrogens with zero attached hydrogens (tertiary/aromatic N) is 3. The zero-order chi connectivity index (χ0) is 16.6. The fourth-order valence-electron chi connectivity index (χ4n) is 2.29.